The van der Waals surface area contributed by atoms with E-state index >= 15 is 0 Å². The van der Waals surface area contributed by atoms with Crippen molar-refractivity contribution in [1.29, 1.82) is 0 Å². The Balaban J connectivity index is 1.08. The zero-order valence-corrected chi connectivity index (χ0v) is 31.3. The van der Waals surface area contributed by atoms with E-state index in [1.54, 1.807) is 0 Å². The topological polar surface area (TPSA) is 52.8 Å². The van der Waals surface area contributed by atoms with E-state index in [0.717, 1.165) is 39.2 Å². The zero-order chi connectivity index (χ0) is 38.2. The molecule has 0 saturated heterocycles. The first-order valence-electron chi connectivity index (χ1n) is 19.8. The molecule has 2 aromatic heterocycles. The summed E-state index contributed by atoms with van der Waals surface area (Å²) in [5.74, 6) is 2.81. The Kier molecular flexibility index (Phi) is 7.29. The minimum Gasteiger partial charge on any atom is -0.484 e. The maximum atomic E-state index is 6.95. The molecule has 10 aromatic rings. The number of rotatable bonds is 5. The molecule has 58 heavy (non-hydrogen) atoms. The normalized spacial score (nSPS) is 15.8. The fourth-order valence-electron chi connectivity index (χ4n) is 9.20. The number of hydrogen-bond donors (Lipinski definition) is 0. The van der Waals surface area contributed by atoms with Crippen LogP contribution in [0.4, 0.5) is 0 Å². The smallest absolute Gasteiger partial charge is 0.164 e. The molecule has 2 atom stereocenters. The number of nitrogens with zero attached hydrogens (tertiary/aromatic N) is 4. The third-order valence-electron chi connectivity index (χ3n) is 11.8. The summed E-state index contributed by atoms with van der Waals surface area (Å²) in [7, 11) is 0. The molecule has 2 unspecified atom stereocenters. The van der Waals surface area contributed by atoms with Crippen LogP contribution in [0.15, 0.2) is 194 Å². The molecule has 272 valence electrons. The lowest BCUT2D eigenvalue weighted by molar-refractivity contribution is 0.259. The summed E-state index contributed by atoms with van der Waals surface area (Å²) in [6, 6.07) is 61.8. The van der Waals surface area contributed by atoms with Gasteiger partial charge in [0, 0.05) is 50.2 Å². The highest BCUT2D eigenvalue weighted by Gasteiger charge is 2.38. The quantitative estimate of drug-likeness (QED) is 0.176. The second kappa shape index (κ2) is 13.0. The van der Waals surface area contributed by atoms with Gasteiger partial charge in [-0.15, -0.1) is 0 Å². The minimum atomic E-state index is -0.163. The molecular formula is C53H34N4O. The van der Waals surface area contributed by atoms with E-state index in [1.165, 1.54) is 49.0 Å². The molecule has 1 aliphatic heterocycles. The van der Waals surface area contributed by atoms with Gasteiger partial charge in [0.25, 0.3) is 0 Å². The third kappa shape index (κ3) is 5.07. The molecule has 0 N–H and O–H groups in total. The number of fused-ring (bicyclic) bond motifs is 10. The Morgan fingerprint density at radius 1 is 0.500 bits per heavy atom. The van der Waals surface area contributed by atoms with Crippen LogP contribution in [0.25, 0.3) is 88.8 Å². The molecule has 12 rings (SSSR count). The lowest BCUT2D eigenvalue weighted by atomic mass is 9.82. The van der Waals surface area contributed by atoms with Crippen molar-refractivity contribution in [3.8, 4) is 45.6 Å². The predicted molar refractivity (Wildman–Crippen MR) is 236 cm³/mol. The van der Waals surface area contributed by atoms with E-state index < -0.39 is 0 Å². The maximum absolute atomic E-state index is 6.95. The summed E-state index contributed by atoms with van der Waals surface area (Å²) in [6.07, 6.45) is 6.61. The maximum Gasteiger partial charge on any atom is 0.164 e. The highest BCUT2D eigenvalue weighted by atomic mass is 16.5. The fraction of sp³-hybridized carbons (Fsp3) is 0.0377. The van der Waals surface area contributed by atoms with Gasteiger partial charge in [0.1, 0.15) is 11.9 Å². The first kappa shape index (κ1) is 32.6. The van der Waals surface area contributed by atoms with E-state index in [-0.39, 0.29) is 12.0 Å². The molecule has 0 bridgehead atoms. The number of allylic oxidation sites excluding steroid dienone is 2. The van der Waals surface area contributed by atoms with Gasteiger partial charge in [-0.2, -0.15) is 0 Å². The fourth-order valence-corrected chi connectivity index (χ4v) is 9.20. The van der Waals surface area contributed by atoms with Crippen LogP contribution >= 0.6 is 0 Å². The van der Waals surface area contributed by atoms with E-state index in [4.69, 9.17) is 19.7 Å². The summed E-state index contributed by atoms with van der Waals surface area (Å²) >= 11 is 0. The van der Waals surface area contributed by atoms with Crippen LogP contribution in [-0.2, 0) is 0 Å². The first-order valence-corrected chi connectivity index (χ1v) is 19.8. The molecule has 0 saturated carbocycles. The van der Waals surface area contributed by atoms with E-state index in [0.29, 0.717) is 17.5 Å². The van der Waals surface area contributed by atoms with Crippen LogP contribution in [0, 0.1) is 0 Å². The molecule has 5 nitrogen and oxygen atoms in total. The molecule has 1 aliphatic carbocycles. The summed E-state index contributed by atoms with van der Waals surface area (Å²) in [6.45, 7) is 0. The minimum absolute atomic E-state index is 0.0298. The molecule has 0 spiro atoms. The second-order valence-electron chi connectivity index (χ2n) is 15.1. The van der Waals surface area contributed by atoms with Crippen molar-refractivity contribution in [3.05, 3.63) is 205 Å². The highest BCUT2D eigenvalue weighted by Crippen LogP contribution is 2.50. The lowest BCUT2D eigenvalue weighted by Crippen LogP contribution is -2.23. The molecule has 5 heteroatoms. The van der Waals surface area contributed by atoms with Gasteiger partial charge in [-0.05, 0) is 51.4 Å². The van der Waals surface area contributed by atoms with Crippen LogP contribution in [0.5, 0.6) is 5.75 Å². The van der Waals surface area contributed by atoms with Gasteiger partial charge in [-0.3, -0.25) is 0 Å². The van der Waals surface area contributed by atoms with Crippen molar-refractivity contribution >= 4 is 48.9 Å². The van der Waals surface area contributed by atoms with Crippen molar-refractivity contribution in [3.63, 3.8) is 0 Å². The van der Waals surface area contributed by atoms with Crippen molar-refractivity contribution in [1.82, 2.24) is 19.5 Å². The van der Waals surface area contributed by atoms with Crippen molar-refractivity contribution < 1.29 is 4.74 Å². The molecule has 0 fully saturated rings. The van der Waals surface area contributed by atoms with Crippen molar-refractivity contribution in [2.75, 3.05) is 0 Å². The van der Waals surface area contributed by atoms with E-state index in [9.17, 15) is 0 Å². The number of ether oxygens (including phenoxy) is 1. The molecule has 0 radical (unpaired) electrons. The average molecular weight is 743 g/mol. The van der Waals surface area contributed by atoms with Crippen molar-refractivity contribution in [2.45, 2.75) is 12.0 Å². The van der Waals surface area contributed by atoms with Crippen LogP contribution in [0.3, 0.4) is 0 Å². The number of aromatic nitrogens is 4. The van der Waals surface area contributed by atoms with E-state index in [2.05, 4.69) is 138 Å². The number of para-hydroxylation sites is 1. The van der Waals surface area contributed by atoms with Gasteiger partial charge in [0.05, 0.1) is 11.0 Å². The Bertz CT molecular complexity index is 3270. The monoisotopic (exact) mass is 742 g/mol. The van der Waals surface area contributed by atoms with Gasteiger partial charge in [0.2, 0.25) is 0 Å². The van der Waals surface area contributed by atoms with Crippen LogP contribution < -0.4 is 4.74 Å². The Morgan fingerprint density at radius 3 is 1.86 bits per heavy atom. The van der Waals surface area contributed by atoms with Crippen LogP contribution in [-0.4, -0.2) is 25.6 Å². The number of benzene rings is 8. The largest absolute Gasteiger partial charge is 0.484 e. The Morgan fingerprint density at radius 2 is 1.10 bits per heavy atom. The average Bonchev–Trinajstić information content (AvgIpc) is 3.86. The molecule has 0 amide bonds. The van der Waals surface area contributed by atoms with Crippen molar-refractivity contribution in [2.24, 2.45) is 0 Å². The predicted octanol–water partition coefficient (Wildman–Crippen LogP) is 12.8. The Hall–Kier alpha value is -7.63. The molecule has 3 heterocycles. The standard InChI is InChI=1S/C53H34N4O/c1-3-16-35(17-4-1)51-54-52(36-18-5-2-6-19-36)56-53(55-51)37-20-11-21-38(32-37)57-45-30-28-33-14-7-9-22-39(33)47(45)43-26-12-24-41(49(43)57)42-25-13-27-44-48-40-23-10-8-15-34(40)29-31-46(48)58-50(42)44/h1-32,42,50H. The highest BCUT2D eigenvalue weighted by molar-refractivity contribution is 6.22. The Labute approximate surface area is 334 Å². The van der Waals surface area contributed by atoms with Gasteiger partial charge in [0.15, 0.2) is 17.5 Å². The molecule has 8 aromatic carbocycles. The van der Waals surface area contributed by atoms with Crippen LogP contribution in [0.1, 0.15) is 17.0 Å². The summed E-state index contributed by atoms with van der Waals surface area (Å²) in [5.41, 5.74) is 9.76. The number of hydrogen-bond acceptors (Lipinski definition) is 4. The lowest BCUT2D eigenvalue weighted by Gasteiger charge is -2.26. The van der Waals surface area contributed by atoms with Gasteiger partial charge >= 0.3 is 0 Å². The summed E-state index contributed by atoms with van der Waals surface area (Å²) in [4.78, 5) is 15.1. The molecular weight excluding hydrogens is 709 g/mol. The first-order chi connectivity index (χ1) is 28.8. The summed E-state index contributed by atoms with van der Waals surface area (Å²) < 4.78 is 9.39. The SMILES string of the molecule is C1=CC(c2cccc3c4c5ccccc5ccc4n(-c4cccc(-c5nc(-c6ccccc6)nc(-c6ccccc6)n5)c4)c23)C2Oc3ccc4ccccc4c3C2=C1. The van der Waals surface area contributed by atoms with Gasteiger partial charge in [-0.1, -0.05) is 170 Å². The van der Waals surface area contributed by atoms with E-state index in [1.807, 2.05) is 60.7 Å². The third-order valence-corrected chi connectivity index (χ3v) is 11.8. The second-order valence-corrected chi connectivity index (χ2v) is 15.1. The van der Waals surface area contributed by atoms with Gasteiger partial charge < -0.3 is 9.30 Å². The summed E-state index contributed by atoms with van der Waals surface area (Å²) in [5, 5.41) is 7.32. The van der Waals surface area contributed by atoms with Gasteiger partial charge in [-0.25, -0.2) is 15.0 Å². The van der Waals surface area contributed by atoms with Crippen LogP contribution in [0.2, 0.25) is 0 Å². The zero-order valence-electron chi connectivity index (χ0n) is 31.3. The molecule has 2 aliphatic rings.